The van der Waals surface area contributed by atoms with E-state index in [9.17, 15) is 4.79 Å². The van der Waals surface area contributed by atoms with Gasteiger partial charge in [0.25, 0.3) is 0 Å². The molecule has 0 aliphatic rings. The number of carbonyl (C=O) groups is 1. The van der Waals surface area contributed by atoms with Gasteiger partial charge in [-0.05, 0) is 25.1 Å². The maximum atomic E-state index is 11.0. The first kappa shape index (κ1) is 13.9. The van der Waals surface area contributed by atoms with Crippen LogP contribution in [0.2, 0.25) is 0 Å². The third-order valence-corrected chi connectivity index (χ3v) is 3.25. The number of carboxylic acids is 1. The smallest absolute Gasteiger partial charge is 0.335 e. The number of ether oxygens (including phenoxy) is 1. The third-order valence-electron chi connectivity index (χ3n) is 3.25. The minimum Gasteiger partial charge on any atom is -0.495 e. The van der Waals surface area contributed by atoms with Crippen LogP contribution >= 0.6 is 0 Å². The Bertz CT molecular complexity index is 635. The molecule has 2 rings (SSSR count). The molecule has 0 aliphatic carbocycles. The van der Waals surface area contributed by atoms with Gasteiger partial charge in [-0.1, -0.05) is 0 Å². The summed E-state index contributed by atoms with van der Waals surface area (Å²) in [6, 6.07) is 4.72. The van der Waals surface area contributed by atoms with Gasteiger partial charge < -0.3 is 15.2 Å². The highest BCUT2D eigenvalue weighted by Gasteiger charge is 2.10. The Kier molecular flexibility index (Phi) is 3.93. The number of carboxylic acid groups (broad SMARTS) is 1. The number of aromatic nitrogens is 2. The predicted molar refractivity (Wildman–Crippen MR) is 75.2 cm³/mol. The Morgan fingerprint density at radius 2 is 2.25 bits per heavy atom. The average Bonchev–Trinajstić information content (AvgIpc) is 2.76. The van der Waals surface area contributed by atoms with E-state index in [-0.39, 0.29) is 5.56 Å². The molecule has 1 aromatic heterocycles. The van der Waals surface area contributed by atoms with E-state index in [0.717, 1.165) is 11.3 Å². The molecule has 1 heterocycles. The number of benzene rings is 1. The summed E-state index contributed by atoms with van der Waals surface area (Å²) in [6.45, 7) is 2.54. The van der Waals surface area contributed by atoms with Gasteiger partial charge in [0.15, 0.2) is 0 Å². The first-order valence-corrected chi connectivity index (χ1v) is 6.15. The van der Waals surface area contributed by atoms with Crippen LogP contribution in [0, 0.1) is 6.92 Å². The molecule has 6 nitrogen and oxygen atoms in total. The van der Waals surface area contributed by atoms with E-state index in [4.69, 9.17) is 9.84 Å². The van der Waals surface area contributed by atoms with Crippen LogP contribution in [-0.2, 0) is 13.6 Å². The van der Waals surface area contributed by atoms with Crippen LogP contribution in [-0.4, -0.2) is 28.0 Å². The van der Waals surface area contributed by atoms with Gasteiger partial charge in [-0.2, -0.15) is 5.10 Å². The summed E-state index contributed by atoms with van der Waals surface area (Å²) >= 11 is 0. The second kappa shape index (κ2) is 5.64. The fraction of sp³-hybridized carbons (Fsp3) is 0.286. The zero-order valence-corrected chi connectivity index (χ0v) is 11.7. The normalized spacial score (nSPS) is 10.3. The van der Waals surface area contributed by atoms with E-state index in [0.29, 0.717) is 18.0 Å². The van der Waals surface area contributed by atoms with Crippen molar-refractivity contribution in [3.05, 3.63) is 41.2 Å². The van der Waals surface area contributed by atoms with Crippen LogP contribution in [0.1, 0.15) is 21.6 Å². The van der Waals surface area contributed by atoms with Gasteiger partial charge in [0, 0.05) is 24.8 Å². The summed E-state index contributed by atoms with van der Waals surface area (Å²) in [5, 5.41) is 16.4. The van der Waals surface area contributed by atoms with E-state index in [1.54, 1.807) is 30.1 Å². The summed E-state index contributed by atoms with van der Waals surface area (Å²) in [5.74, 6) is -0.357. The minimum atomic E-state index is -0.965. The Morgan fingerprint density at radius 3 is 2.80 bits per heavy atom. The SMILES string of the molecule is COc1ccc(C(=O)O)cc1NCc1cnn(C)c1C. The lowest BCUT2D eigenvalue weighted by molar-refractivity contribution is 0.0697. The number of nitrogens with zero attached hydrogens (tertiary/aromatic N) is 2. The molecular weight excluding hydrogens is 258 g/mol. The van der Waals surface area contributed by atoms with Crippen molar-refractivity contribution in [1.82, 2.24) is 9.78 Å². The van der Waals surface area contributed by atoms with Crippen molar-refractivity contribution in [1.29, 1.82) is 0 Å². The van der Waals surface area contributed by atoms with Gasteiger partial charge in [-0.25, -0.2) is 4.79 Å². The molecule has 2 N–H and O–H groups in total. The second-order valence-corrected chi connectivity index (χ2v) is 4.45. The number of hydrogen-bond donors (Lipinski definition) is 2. The number of rotatable bonds is 5. The number of methoxy groups -OCH3 is 1. The molecular formula is C14H17N3O3. The van der Waals surface area contributed by atoms with E-state index in [1.165, 1.54) is 6.07 Å². The van der Waals surface area contributed by atoms with Gasteiger partial charge in [-0.3, -0.25) is 4.68 Å². The molecule has 0 amide bonds. The molecule has 0 bridgehead atoms. The van der Waals surface area contributed by atoms with Crippen LogP contribution in [0.25, 0.3) is 0 Å². The Balaban J connectivity index is 2.21. The molecule has 2 aromatic rings. The third kappa shape index (κ3) is 2.74. The van der Waals surface area contributed by atoms with E-state index < -0.39 is 5.97 Å². The lowest BCUT2D eigenvalue weighted by atomic mass is 10.1. The lowest BCUT2D eigenvalue weighted by Crippen LogP contribution is -2.05. The monoisotopic (exact) mass is 275 g/mol. The van der Waals surface area contributed by atoms with E-state index in [2.05, 4.69) is 10.4 Å². The molecule has 0 radical (unpaired) electrons. The highest BCUT2D eigenvalue weighted by atomic mass is 16.5. The van der Waals surface area contributed by atoms with E-state index >= 15 is 0 Å². The predicted octanol–water partition coefficient (Wildman–Crippen LogP) is 2.05. The summed E-state index contributed by atoms with van der Waals surface area (Å²) in [7, 11) is 3.43. The fourth-order valence-electron chi connectivity index (χ4n) is 1.89. The first-order valence-electron chi connectivity index (χ1n) is 6.15. The zero-order valence-electron chi connectivity index (χ0n) is 11.7. The molecule has 0 saturated heterocycles. The first-order chi connectivity index (χ1) is 9.52. The molecule has 0 fully saturated rings. The van der Waals surface area contributed by atoms with Gasteiger partial charge in [0.05, 0.1) is 24.6 Å². The standard InChI is InChI=1S/C14H17N3O3/c1-9-11(8-16-17(9)2)7-15-12-6-10(14(18)19)4-5-13(12)20-3/h4-6,8,15H,7H2,1-3H3,(H,18,19). The average molecular weight is 275 g/mol. The topological polar surface area (TPSA) is 76.4 Å². The van der Waals surface area contributed by atoms with Crippen molar-refractivity contribution in [2.45, 2.75) is 13.5 Å². The van der Waals surface area contributed by atoms with Crippen molar-refractivity contribution in [2.75, 3.05) is 12.4 Å². The summed E-state index contributed by atoms with van der Waals surface area (Å²) in [6.07, 6.45) is 1.79. The molecule has 20 heavy (non-hydrogen) atoms. The highest BCUT2D eigenvalue weighted by Crippen LogP contribution is 2.26. The molecule has 106 valence electrons. The highest BCUT2D eigenvalue weighted by molar-refractivity contribution is 5.89. The number of hydrogen-bond acceptors (Lipinski definition) is 4. The van der Waals surface area contributed by atoms with Gasteiger partial charge in [-0.15, -0.1) is 0 Å². The lowest BCUT2D eigenvalue weighted by Gasteiger charge is -2.11. The number of nitrogens with one attached hydrogen (secondary N) is 1. The van der Waals surface area contributed by atoms with Crippen LogP contribution in [0.4, 0.5) is 5.69 Å². The van der Waals surface area contributed by atoms with Gasteiger partial charge in [0.1, 0.15) is 5.75 Å². The van der Waals surface area contributed by atoms with Crippen LogP contribution in [0.5, 0.6) is 5.75 Å². The van der Waals surface area contributed by atoms with Crippen molar-refractivity contribution in [3.63, 3.8) is 0 Å². The Labute approximate surface area is 117 Å². The van der Waals surface area contributed by atoms with Crippen molar-refractivity contribution in [3.8, 4) is 5.75 Å². The molecule has 6 heteroatoms. The quantitative estimate of drug-likeness (QED) is 0.873. The van der Waals surface area contributed by atoms with E-state index in [1.807, 2.05) is 14.0 Å². The van der Waals surface area contributed by atoms with Crippen molar-refractivity contribution >= 4 is 11.7 Å². The van der Waals surface area contributed by atoms with Crippen LogP contribution in [0.15, 0.2) is 24.4 Å². The molecule has 0 saturated carbocycles. The van der Waals surface area contributed by atoms with Crippen molar-refractivity contribution < 1.29 is 14.6 Å². The molecule has 0 atom stereocenters. The number of anilines is 1. The Hall–Kier alpha value is -2.50. The summed E-state index contributed by atoms with van der Waals surface area (Å²) in [4.78, 5) is 11.0. The zero-order chi connectivity index (χ0) is 14.7. The Morgan fingerprint density at radius 1 is 1.50 bits per heavy atom. The van der Waals surface area contributed by atoms with Crippen LogP contribution < -0.4 is 10.1 Å². The number of aromatic carboxylic acids is 1. The number of aryl methyl sites for hydroxylation is 1. The van der Waals surface area contributed by atoms with Gasteiger partial charge >= 0.3 is 5.97 Å². The fourth-order valence-corrected chi connectivity index (χ4v) is 1.89. The maximum absolute atomic E-state index is 11.0. The second-order valence-electron chi connectivity index (χ2n) is 4.45. The van der Waals surface area contributed by atoms with Gasteiger partial charge in [0.2, 0.25) is 0 Å². The minimum absolute atomic E-state index is 0.219. The summed E-state index contributed by atoms with van der Waals surface area (Å²) in [5.41, 5.74) is 2.98. The molecule has 0 spiro atoms. The summed E-state index contributed by atoms with van der Waals surface area (Å²) < 4.78 is 7.02. The maximum Gasteiger partial charge on any atom is 0.335 e. The molecule has 1 aromatic carbocycles. The molecule has 0 aliphatic heterocycles. The largest absolute Gasteiger partial charge is 0.495 e. The van der Waals surface area contributed by atoms with Crippen molar-refractivity contribution in [2.24, 2.45) is 7.05 Å². The van der Waals surface area contributed by atoms with Crippen LogP contribution in [0.3, 0.4) is 0 Å². The molecule has 0 unspecified atom stereocenters.